The first-order chi connectivity index (χ1) is 15.3. The Hall–Kier alpha value is -3.39. The fourth-order valence-electron chi connectivity index (χ4n) is 3.20. The topological polar surface area (TPSA) is 93.8 Å². The van der Waals surface area contributed by atoms with Crippen molar-refractivity contribution in [2.45, 2.75) is 34.1 Å². The van der Waals surface area contributed by atoms with E-state index in [2.05, 4.69) is 48.5 Å². The van der Waals surface area contributed by atoms with Crippen LogP contribution in [0.15, 0.2) is 46.6 Å². The van der Waals surface area contributed by atoms with Crippen LogP contribution in [-0.2, 0) is 6.42 Å². The average Bonchev–Trinajstić information content (AvgIpc) is 3.19. The highest BCUT2D eigenvalue weighted by Crippen LogP contribution is 2.31. The summed E-state index contributed by atoms with van der Waals surface area (Å²) < 4.78 is 0. The molecular formula is C24H28N6OS. The number of amides is 1. The summed E-state index contributed by atoms with van der Waals surface area (Å²) in [5.74, 6) is -0.419. The van der Waals surface area contributed by atoms with E-state index >= 15 is 0 Å². The summed E-state index contributed by atoms with van der Waals surface area (Å²) in [7, 11) is 2.00. The van der Waals surface area contributed by atoms with Crippen LogP contribution in [0.3, 0.4) is 0 Å². The zero-order valence-corrected chi connectivity index (χ0v) is 19.9. The fraction of sp³-hybridized carbons (Fsp3) is 0.292. The van der Waals surface area contributed by atoms with Crippen LogP contribution < -0.4 is 5.43 Å². The number of aliphatic imine (C=N–C) groups is 1. The highest BCUT2D eigenvalue weighted by Gasteiger charge is 2.20. The van der Waals surface area contributed by atoms with Gasteiger partial charge in [0.05, 0.1) is 22.7 Å². The van der Waals surface area contributed by atoms with Crippen LogP contribution in [0.4, 0.5) is 5.69 Å². The number of hydrogen-bond acceptors (Lipinski definition) is 6. The number of carbonyl (C=O) groups excluding carboxylic acids is 1. The molecule has 0 unspecified atom stereocenters. The minimum atomic E-state index is -0.419. The standard InChI is InChI=1S/C24H28N6OS/c1-6-30(5)14-26-20-12-16(3)19(11-17(20)4)13-21-27-22(18-9-7-15(2)8-10-18)23(32-21)24(31)28-29-25/h7-12,14H,6,13H2,1-5H3,(H2,25,28,31). The molecule has 0 aliphatic rings. The zero-order valence-electron chi connectivity index (χ0n) is 19.1. The lowest BCUT2D eigenvalue weighted by atomic mass is 10.0. The number of nitrogens with zero attached hydrogens (tertiary/aromatic N) is 4. The first-order valence-electron chi connectivity index (χ1n) is 10.4. The van der Waals surface area contributed by atoms with Gasteiger partial charge in [0.15, 0.2) is 0 Å². The van der Waals surface area contributed by atoms with E-state index in [1.54, 1.807) is 0 Å². The Morgan fingerprint density at radius 3 is 2.56 bits per heavy atom. The SMILES string of the molecule is CCN(C)C=Nc1cc(C)c(Cc2nc(-c3ccc(C)cc3)c(C(=O)NN=N)s2)cc1C. The first-order valence-corrected chi connectivity index (χ1v) is 11.2. The van der Waals surface area contributed by atoms with Crippen LogP contribution in [-0.4, -0.2) is 35.7 Å². The number of rotatable bonds is 8. The van der Waals surface area contributed by atoms with Crippen molar-refractivity contribution >= 4 is 29.3 Å². The van der Waals surface area contributed by atoms with Crippen LogP contribution in [0.5, 0.6) is 0 Å². The maximum atomic E-state index is 12.5. The first kappa shape index (κ1) is 23.3. The number of carbonyl (C=O) groups is 1. The normalized spacial score (nSPS) is 11.0. The Labute approximate surface area is 192 Å². The van der Waals surface area contributed by atoms with E-state index in [4.69, 9.17) is 10.5 Å². The Bertz CT molecular complexity index is 1150. The Morgan fingerprint density at radius 1 is 1.19 bits per heavy atom. The predicted molar refractivity (Wildman–Crippen MR) is 130 cm³/mol. The summed E-state index contributed by atoms with van der Waals surface area (Å²) in [6.45, 7) is 9.12. The van der Waals surface area contributed by atoms with E-state index in [-0.39, 0.29) is 0 Å². The predicted octanol–water partition coefficient (Wildman–Crippen LogP) is 5.61. The number of hydrogen-bond donors (Lipinski definition) is 2. The minimum Gasteiger partial charge on any atom is -0.366 e. The van der Waals surface area contributed by atoms with E-state index in [9.17, 15) is 4.79 Å². The molecule has 166 valence electrons. The van der Waals surface area contributed by atoms with E-state index in [1.165, 1.54) is 11.3 Å². The largest absolute Gasteiger partial charge is 0.366 e. The van der Waals surface area contributed by atoms with Crippen molar-refractivity contribution in [1.29, 1.82) is 5.53 Å². The molecule has 0 radical (unpaired) electrons. The second-order valence-electron chi connectivity index (χ2n) is 7.76. The molecule has 32 heavy (non-hydrogen) atoms. The van der Waals surface area contributed by atoms with Crippen molar-refractivity contribution in [3.05, 3.63) is 68.5 Å². The Balaban J connectivity index is 1.95. The summed E-state index contributed by atoms with van der Waals surface area (Å²) in [5.41, 5.74) is 16.1. The van der Waals surface area contributed by atoms with Gasteiger partial charge < -0.3 is 4.90 Å². The molecule has 3 rings (SSSR count). The van der Waals surface area contributed by atoms with Gasteiger partial charge >= 0.3 is 0 Å². The molecule has 0 saturated carbocycles. The highest BCUT2D eigenvalue weighted by molar-refractivity contribution is 7.14. The van der Waals surface area contributed by atoms with Gasteiger partial charge in [-0.3, -0.25) is 4.79 Å². The molecule has 2 aromatic carbocycles. The number of thiazole rings is 1. The molecule has 8 heteroatoms. The molecule has 1 aromatic heterocycles. The molecule has 1 heterocycles. The summed E-state index contributed by atoms with van der Waals surface area (Å²) >= 11 is 1.33. The third-order valence-electron chi connectivity index (χ3n) is 5.25. The van der Waals surface area contributed by atoms with E-state index < -0.39 is 5.91 Å². The molecule has 1 amide bonds. The van der Waals surface area contributed by atoms with Crippen LogP contribution in [0.2, 0.25) is 0 Å². The second-order valence-corrected chi connectivity index (χ2v) is 8.85. The molecule has 0 fully saturated rings. The van der Waals surface area contributed by atoms with Gasteiger partial charge in [-0.1, -0.05) is 41.1 Å². The fourth-order valence-corrected chi connectivity index (χ4v) is 4.20. The van der Waals surface area contributed by atoms with Crippen LogP contribution in [0.1, 0.15) is 43.9 Å². The van der Waals surface area contributed by atoms with Gasteiger partial charge in [0.1, 0.15) is 4.88 Å². The van der Waals surface area contributed by atoms with Crippen molar-refractivity contribution in [3.63, 3.8) is 0 Å². The molecule has 0 bridgehead atoms. The van der Waals surface area contributed by atoms with Crippen molar-refractivity contribution in [3.8, 4) is 11.3 Å². The van der Waals surface area contributed by atoms with Gasteiger partial charge in [-0.2, -0.15) is 5.53 Å². The second kappa shape index (κ2) is 10.3. The van der Waals surface area contributed by atoms with E-state index in [0.717, 1.165) is 45.1 Å². The van der Waals surface area contributed by atoms with Gasteiger partial charge in [-0.15, -0.1) is 11.3 Å². The lowest BCUT2D eigenvalue weighted by Crippen LogP contribution is -2.15. The molecule has 0 spiro atoms. The van der Waals surface area contributed by atoms with Crippen LogP contribution in [0, 0.1) is 26.3 Å². The van der Waals surface area contributed by atoms with Crippen molar-refractivity contribution in [2.75, 3.05) is 13.6 Å². The molecular weight excluding hydrogens is 420 g/mol. The number of nitrogens with one attached hydrogen (secondary N) is 2. The summed E-state index contributed by atoms with van der Waals surface area (Å²) in [5, 5.41) is 3.87. The summed E-state index contributed by atoms with van der Waals surface area (Å²) in [6.07, 6.45) is 2.46. The quantitative estimate of drug-likeness (QED) is 0.203. The molecule has 0 saturated heterocycles. The molecule has 0 aliphatic carbocycles. The third kappa shape index (κ3) is 5.45. The van der Waals surface area contributed by atoms with Crippen LogP contribution >= 0.6 is 11.3 Å². The molecule has 0 aliphatic heterocycles. The van der Waals surface area contributed by atoms with Crippen molar-refractivity contribution in [2.24, 2.45) is 10.2 Å². The monoisotopic (exact) mass is 448 g/mol. The van der Waals surface area contributed by atoms with Gasteiger partial charge in [0, 0.05) is 25.6 Å². The van der Waals surface area contributed by atoms with Gasteiger partial charge in [0.2, 0.25) is 0 Å². The number of aromatic nitrogens is 1. The minimum absolute atomic E-state index is 0.419. The maximum absolute atomic E-state index is 12.5. The Morgan fingerprint density at radius 2 is 1.91 bits per heavy atom. The molecule has 7 nitrogen and oxygen atoms in total. The van der Waals surface area contributed by atoms with Gasteiger partial charge in [0.25, 0.3) is 5.91 Å². The van der Waals surface area contributed by atoms with E-state index in [0.29, 0.717) is 17.0 Å². The van der Waals surface area contributed by atoms with Crippen molar-refractivity contribution < 1.29 is 4.79 Å². The Kier molecular flexibility index (Phi) is 7.48. The van der Waals surface area contributed by atoms with Gasteiger partial charge in [-0.05, 0) is 50.5 Å². The lowest BCUT2D eigenvalue weighted by Gasteiger charge is -2.11. The summed E-state index contributed by atoms with van der Waals surface area (Å²) in [4.78, 5) is 24.4. The number of aryl methyl sites for hydroxylation is 3. The zero-order chi connectivity index (χ0) is 23.3. The van der Waals surface area contributed by atoms with E-state index in [1.807, 2.05) is 49.5 Å². The van der Waals surface area contributed by atoms with Crippen molar-refractivity contribution in [1.82, 2.24) is 15.3 Å². The molecule has 0 atom stereocenters. The smallest absolute Gasteiger partial charge is 0.285 e. The lowest BCUT2D eigenvalue weighted by molar-refractivity contribution is 0.0955. The average molecular weight is 449 g/mol. The maximum Gasteiger partial charge on any atom is 0.285 e. The molecule has 2 N–H and O–H groups in total. The van der Waals surface area contributed by atoms with Gasteiger partial charge in [-0.25, -0.2) is 15.4 Å². The van der Waals surface area contributed by atoms with Crippen LogP contribution in [0.25, 0.3) is 11.3 Å². The molecule has 3 aromatic rings. The highest BCUT2D eigenvalue weighted by atomic mass is 32.1. The summed E-state index contributed by atoms with van der Waals surface area (Å²) in [6, 6.07) is 12.1. The third-order valence-corrected chi connectivity index (χ3v) is 6.30. The number of benzene rings is 2.